The third-order valence-electron chi connectivity index (χ3n) is 6.45. The molecule has 0 aliphatic heterocycles. The van der Waals surface area contributed by atoms with Gasteiger partial charge in [0.15, 0.2) is 23.0 Å². The van der Waals surface area contributed by atoms with E-state index in [1.807, 2.05) is 24.3 Å². The minimum absolute atomic E-state index is 0.476. The maximum absolute atomic E-state index is 6.54. The summed E-state index contributed by atoms with van der Waals surface area (Å²) in [6.07, 6.45) is 5.46. The molecule has 0 heterocycles. The van der Waals surface area contributed by atoms with Gasteiger partial charge in [0.1, 0.15) is 11.5 Å². The zero-order chi connectivity index (χ0) is 29.7. The van der Waals surface area contributed by atoms with Crippen LogP contribution in [0.3, 0.4) is 0 Å². The Kier molecular flexibility index (Phi) is 17.7. The van der Waals surface area contributed by atoms with E-state index in [9.17, 15) is 0 Å². The van der Waals surface area contributed by atoms with Crippen LogP contribution in [0.15, 0.2) is 24.3 Å². The van der Waals surface area contributed by atoms with Gasteiger partial charge in [0.25, 0.3) is 0 Å². The molecular weight excluding hydrogens is 528 g/mol. The van der Waals surface area contributed by atoms with E-state index in [-0.39, 0.29) is 0 Å². The molecule has 0 radical (unpaired) electrons. The third kappa shape index (κ3) is 11.6. The molecule has 0 unspecified atom stereocenters. The van der Waals surface area contributed by atoms with Crippen LogP contribution in [0.4, 0.5) is 0 Å². The van der Waals surface area contributed by atoms with Crippen molar-refractivity contribution in [1.29, 1.82) is 0 Å². The highest BCUT2D eigenvalue weighted by atomic mass is 16.5. The summed E-state index contributed by atoms with van der Waals surface area (Å²) in [7, 11) is 6.48. The standard InChI is InChI=1S/C32H50O9/c1-7-9-17-37-21-23-39-19-15-25-27(11-13-29(33-3)31(25)35-5)41-28-12-14-30(34-4)32(36-6)26(28)16-20-40-24-22-38-18-10-8-2/h11-14H,7-10,15-24H2,1-6H3. The maximum atomic E-state index is 6.54. The molecule has 0 fully saturated rings. The van der Waals surface area contributed by atoms with Gasteiger partial charge >= 0.3 is 0 Å². The van der Waals surface area contributed by atoms with Crippen molar-refractivity contribution in [1.82, 2.24) is 0 Å². The highest BCUT2D eigenvalue weighted by Crippen LogP contribution is 2.43. The molecule has 0 spiro atoms. The van der Waals surface area contributed by atoms with Crippen molar-refractivity contribution in [2.75, 3.05) is 81.3 Å². The molecule has 2 rings (SSSR count). The minimum atomic E-state index is 0.476. The normalized spacial score (nSPS) is 11.0. The molecule has 9 nitrogen and oxygen atoms in total. The van der Waals surface area contributed by atoms with Crippen molar-refractivity contribution in [2.45, 2.75) is 52.4 Å². The van der Waals surface area contributed by atoms with Crippen molar-refractivity contribution >= 4 is 0 Å². The molecule has 9 heteroatoms. The van der Waals surface area contributed by atoms with Gasteiger partial charge in [-0.1, -0.05) is 26.7 Å². The van der Waals surface area contributed by atoms with Gasteiger partial charge in [0.05, 0.1) is 68.1 Å². The zero-order valence-corrected chi connectivity index (χ0v) is 25.9. The van der Waals surface area contributed by atoms with Crippen LogP contribution in [0.1, 0.15) is 50.7 Å². The van der Waals surface area contributed by atoms with E-state index in [4.69, 9.17) is 42.6 Å². The molecule has 0 aromatic heterocycles. The van der Waals surface area contributed by atoms with Crippen LogP contribution >= 0.6 is 0 Å². The quantitative estimate of drug-likeness (QED) is 0.134. The Labute approximate surface area is 246 Å². The van der Waals surface area contributed by atoms with Gasteiger partial charge in [0.2, 0.25) is 0 Å². The molecule has 232 valence electrons. The van der Waals surface area contributed by atoms with Crippen molar-refractivity contribution < 1.29 is 42.6 Å². The molecule has 0 N–H and O–H groups in total. The third-order valence-corrected chi connectivity index (χ3v) is 6.45. The first-order valence-electron chi connectivity index (χ1n) is 14.6. The Hall–Kier alpha value is -2.72. The lowest BCUT2D eigenvalue weighted by atomic mass is 10.1. The molecule has 0 bridgehead atoms. The van der Waals surface area contributed by atoms with Gasteiger partial charge < -0.3 is 42.6 Å². The summed E-state index contributed by atoms with van der Waals surface area (Å²) in [6, 6.07) is 7.44. The first-order valence-corrected chi connectivity index (χ1v) is 14.6. The fourth-order valence-corrected chi connectivity index (χ4v) is 4.21. The fourth-order valence-electron chi connectivity index (χ4n) is 4.21. The topological polar surface area (TPSA) is 83.1 Å². The summed E-state index contributed by atoms with van der Waals surface area (Å²) in [4.78, 5) is 0. The largest absolute Gasteiger partial charge is 0.493 e. The molecular formula is C32H50O9. The number of ether oxygens (including phenoxy) is 9. The van der Waals surface area contributed by atoms with Crippen LogP contribution < -0.4 is 23.7 Å². The fraction of sp³-hybridized carbons (Fsp3) is 0.625. The number of rotatable bonds is 24. The Balaban J connectivity index is 2.19. The second-order valence-corrected chi connectivity index (χ2v) is 9.31. The van der Waals surface area contributed by atoms with Gasteiger partial charge in [-0.3, -0.25) is 0 Å². The minimum Gasteiger partial charge on any atom is -0.493 e. The number of unbranched alkanes of at least 4 members (excludes halogenated alkanes) is 2. The second kappa shape index (κ2) is 21.1. The average molecular weight is 579 g/mol. The van der Waals surface area contributed by atoms with Gasteiger partial charge in [-0.2, -0.15) is 0 Å². The first kappa shape index (κ1) is 34.5. The van der Waals surface area contributed by atoms with E-state index in [1.54, 1.807) is 28.4 Å². The Morgan fingerprint density at radius 1 is 0.439 bits per heavy atom. The summed E-state index contributed by atoms with van der Waals surface area (Å²) in [5, 5.41) is 0. The van der Waals surface area contributed by atoms with E-state index in [0.29, 0.717) is 87.0 Å². The van der Waals surface area contributed by atoms with Crippen LogP contribution in [0.2, 0.25) is 0 Å². The van der Waals surface area contributed by atoms with Gasteiger partial charge in [-0.15, -0.1) is 0 Å². The van der Waals surface area contributed by atoms with Gasteiger partial charge in [0, 0.05) is 37.2 Å². The van der Waals surface area contributed by atoms with Crippen molar-refractivity contribution in [3.63, 3.8) is 0 Å². The highest BCUT2D eigenvalue weighted by Gasteiger charge is 2.21. The average Bonchev–Trinajstić information content (AvgIpc) is 3.00. The SMILES string of the molecule is CCCCOCCOCCc1c(Oc2ccc(OC)c(OC)c2CCOCCOCCCC)ccc(OC)c1OC. The summed E-state index contributed by atoms with van der Waals surface area (Å²) in [6.45, 7) is 8.94. The van der Waals surface area contributed by atoms with Crippen LogP contribution in [0.25, 0.3) is 0 Å². The summed E-state index contributed by atoms with van der Waals surface area (Å²) >= 11 is 0. The van der Waals surface area contributed by atoms with Crippen molar-refractivity contribution in [3.05, 3.63) is 35.4 Å². The molecule has 0 amide bonds. The van der Waals surface area contributed by atoms with E-state index in [2.05, 4.69) is 13.8 Å². The van der Waals surface area contributed by atoms with Gasteiger partial charge in [-0.05, 0) is 37.1 Å². The Morgan fingerprint density at radius 3 is 1.15 bits per heavy atom. The molecule has 2 aromatic rings. The van der Waals surface area contributed by atoms with E-state index in [0.717, 1.165) is 50.0 Å². The molecule has 0 aliphatic carbocycles. The predicted octanol–water partition coefficient (Wildman–Crippen LogP) is 6.26. The maximum Gasteiger partial charge on any atom is 0.167 e. The van der Waals surface area contributed by atoms with Crippen LogP contribution in [-0.2, 0) is 31.8 Å². The van der Waals surface area contributed by atoms with Crippen LogP contribution in [-0.4, -0.2) is 81.3 Å². The van der Waals surface area contributed by atoms with Gasteiger partial charge in [-0.25, -0.2) is 0 Å². The van der Waals surface area contributed by atoms with Crippen molar-refractivity contribution in [2.24, 2.45) is 0 Å². The molecule has 0 atom stereocenters. The summed E-state index contributed by atoms with van der Waals surface area (Å²) in [5.74, 6) is 3.76. The van der Waals surface area contributed by atoms with E-state index >= 15 is 0 Å². The molecule has 0 saturated heterocycles. The predicted molar refractivity (Wildman–Crippen MR) is 160 cm³/mol. The molecule has 0 saturated carbocycles. The van der Waals surface area contributed by atoms with E-state index < -0.39 is 0 Å². The molecule has 0 aliphatic rings. The monoisotopic (exact) mass is 578 g/mol. The Morgan fingerprint density at radius 2 is 0.805 bits per heavy atom. The number of methoxy groups -OCH3 is 4. The number of hydrogen-bond donors (Lipinski definition) is 0. The molecule has 41 heavy (non-hydrogen) atoms. The number of hydrogen-bond acceptors (Lipinski definition) is 9. The number of benzene rings is 2. The lowest BCUT2D eigenvalue weighted by Gasteiger charge is -2.21. The van der Waals surface area contributed by atoms with Crippen molar-refractivity contribution in [3.8, 4) is 34.5 Å². The summed E-state index contributed by atoms with van der Waals surface area (Å²) < 4.78 is 52.0. The van der Waals surface area contributed by atoms with Crippen LogP contribution in [0, 0.1) is 0 Å². The van der Waals surface area contributed by atoms with E-state index in [1.165, 1.54) is 0 Å². The zero-order valence-electron chi connectivity index (χ0n) is 25.9. The highest BCUT2D eigenvalue weighted by molar-refractivity contribution is 5.58. The molecule has 2 aromatic carbocycles. The summed E-state index contributed by atoms with van der Waals surface area (Å²) in [5.41, 5.74) is 1.69. The first-order chi connectivity index (χ1) is 20.1. The lowest BCUT2D eigenvalue weighted by Crippen LogP contribution is -2.10. The smallest absolute Gasteiger partial charge is 0.167 e. The lowest BCUT2D eigenvalue weighted by molar-refractivity contribution is 0.0475. The Bertz CT molecular complexity index is 903. The second-order valence-electron chi connectivity index (χ2n) is 9.31. The van der Waals surface area contributed by atoms with Crippen LogP contribution in [0.5, 0.6) is 34.5 Å².